The Bertz CT molecular complexity index is 462. The van der Waals surface area contributed by atoms with Gasteiger partial charge in [-0.15, -0.1) is 0 Å². The van der Waals surface area contributed by atoms with Gasteiger partial charge in [0, 0.05) is 18.7 Å². The fourth-order valence-electron chi connectivity index (χ4n) is 1.34. The largest absolute Gasteiger partial charge is 0.496 e. The second-order valence-corrected chi connectivity index (χ2v) is 3.75. The van der Waals surface area contributed by atoms with Crippen LogP contribution in [0.5, 0.6) is 5.75 Å². The predicted molar refractivity (Wildman–Crippen MR) is 65.6 cm³/mol. The van der Waals surface area contributed by atoms with Crippen molar-refractivity contribution >= 4 is 11.6 Å². The predicted octanol–water partition coefficient (Wildman–Crippen LogP) is 0.680. The number of nitrogens with two attached hydrogens (primary N) is 1. The summed E-state index contributed by atoms with van der Waals surface area (Å²) >= 11 is 0. The van der Waals surface area contributed by atoms with E-state index in [1.54, 1.807) is 6.92 Å². The van der Waals surface area contributed by atoms with Crippen LogP contribution in [0.15, 0.2) is 18.2 Å². The first-order valence-electron chi connectivity index (χ1n) is 5.33. The average molecular weight is 253 g/mol. The van der Waals surface area contributed by atoms with Crippen molar-refractivity contribution in [3.63, 3.8) is 0 Å². The van der Waals surface area contributed by atoms with Crippen LogP contribution in [0.25, 0.3) is 0 Å². The molecule has 0 aliphatic carbocycles. The first kappa shape index (κ1) is 13.9. The van der Waals surface area contributed by atoms with Crippen molar-refractivity contribution in [3.8, 4) is 5.75 Å². The topological polar surface area (TPSA) is 107 Å². The number of nitro groups is 1. The van der Waals surface area contributed by atoms with E-state index in [9.17, 15) is 14.9 Å². The Labute approximate surface area is 104 Å². The monoisotopic (exact) mass is 253 g/mol. The summed E-state index contributed by atoms with van der Waals surface area (Å²) in [6, 6.07) is 3.64. The molecule has 7 heteroatoms. The molecule has 0 bridgehead atoms. The Kier molecular flexibility index (Phi) is 4.61. The van der Waals surface area contributed by atoms with Crippen molar-refractivity contribution in [2.24, 2.45) is 5.73 Å². The zero-order chi connectivity index (χ0) is 13.7. The second kappa shape index (κ2) is 5.97. The fourth-order valence-corrected chi connectivity index (χ4v) is 1.34. The number of benzene rings is 1. The molecule has 0 aliphatic rings. The number of methoxy groups -OCH3 is 1. The van der Waals surface area contributed by atoms with Gasteiger partial charge < -0.3 is 15.8 Å². The van der Waals surface area contributed by atoms with E-state index in [1.165, 1.54) is 25.3 Å². The van der Waals surface area contributed by atoms with Crippen molar-refractivity contribution in [1.82, 2.24) is 5.32 Å². The SMILES string of the molecule is COc1cc([N+](=O)[O-])ccc1C(=O)NC(C)CN. The number of nitrogens with one attached hydrogen (secondary N) is 1. The van der Waals surface area contributed by atoms with E-state index in [1.807, 2.05) is 0 Å². The summed E-state index contributed by atoms with van der Waals surface area (Å²) < 4.78 is 4.98. The van der Waals surface area contributed by atoms with Crippen LogP contribution in [0, 0.1) is 10.1 Å². The van der Waals surface area contributed by atoms with Crippen LogP contribution in [0.2, 0.25) is 0 Å². The van der Waals surface area contributed by atoms with Gasteiger partial charge in [-0.2, -0.15) is 0 Å². The van der Waals surface area contributed by atoms with Crippen LogP contribution in [0.1, 0.15) is 17.3 Å². The molecule has 1 amide bonds. The molecular weight excluding hydrogens is 238 g/mol. The summed E-state index contributed by atoms with van der Waals surface area (Å²) in [6.45, 7) is 2.07. The maximum Gasteiger partial charge on any atom is 0.273 e. The Hall–Kier alpha value is -2.15. The molecule has 1 aromatic carbocycles. The van der Waals surface area contributed by atoms with Crippen LogP contribution in [0.4, 0.5) is 5.69 Å². The Morgan fingerprint density at radius 1 is 1.61 bits per heavy atom. The van der Waals surface area contributed by atoms with Crippen LogP contribution in [-0.4, -0.2) is 30.5 Å². The van der Waals surface area contributed by atoms with Gasteiger partial charge in [0.05, 0.1) is 23.7 Å². The minimum absolute atomic E-state index is 0.129. The first-order valence-corrected chi connectivity index (χ1v) is 5.33. The third-order valence-electron chi connectivity index (χ3n) is 2.37. The van der Waals surface area contributed by atoms with E-state index in [4.69, 9.17) is 10.5 Å². The molecular formula is C11H15N3O4. The zero-order valence-corrected chi connectivity index (χ0v) is 10.2. The maximum absolute atomic E-state index is 11.9. The van der Waals surface area contributed by atoms with E-state index in [0.29, 0.717) is 6.54 Å². The molecule has 1 atom stereocenters. The number of carbonyl (C=O) groups excluding carboxylic acids is 1. The summed E-state index contributed by atoms with van der Waals surface area (Å²) in [6.07, 6.45) is 0. The number of nitrogens with zero attached hydrogens (tertiary/aromatic N) is 1. The van der Waals surface area contributed by atoms with E-state index < -0.39 is 4.92 Å². The summed E-state index contributed by atoms with van der Waals surface area (Å²) in [7, 11) is 1.35. The highest BCUT2D eigenvalue weighted by Gasteiger charge is 2.17. The average Bonchev–Trinajstić information content (AvgIpc) is 2.37. The molecule has 1 unspecified atom stereocenters. The molecule has 0 aromatic heterocycles. The quantitative estimate of drug-likeness (QED) is 0.592. The van der Waals surface area contributed by atoms with Crippen molar-refractivity contribution in [1.29, 1.82) is 0 Å². The van der Waals surface area contributed by atoms with Gasteiger partial charge in [-0.3, -0.25) is 14.9 Å². The maximum atomic E-state index is 11.9. The molecule has 0 heterocycles. The lowest BCUT2D eigenvalue weighted by molar-refractivity contribution is -0.384. The van der Waals surface area contributed by atoms with Gasteiger partial charge in [0.1, 0.15) is 5.75 Å². The molecule has 18 heavy (non-hydrogen) atoms. The third-order valence-corrected chi connectivity index (χ3v) is 2.37. The van der Waals surface area contributed by atoms with Crippen molar-refractivity contribution in [2.75, 3.05) is 13.7 Å². The molecule has 1 rings (SSSR count). The summed E-state index contributed by atoms with van der Waals surface area (Å²) in [5.41, 5.74) is 5.51. The minimum atomic E-state index is -0.549. The molecule has 0 saturated carbocycles. The molecule has 7 nitrogen and oxygen atoms in total. The van der Waals surface area contributed by atoms with E-state index in [-0.39, 0.29) is 28.9 Å². The molecule has 0 saturated heterocycles. The van der Waals surface area contributed by atoms with Gasteiger partial charge in [-0.05, 0) is 13.0 Å². The third kappa shape index (κ3) is 3.17. The zero-order valence-electron chi connectivity index (χ0n) is 10.2. The number of carbonyl (C=O) groups is 1. The molecule has 0 fully saturated rings. The number of non-ortho nitro benzene ring substituents is 1. The lowest BCUT2D eigenvalue weighted by Gasteiger charge is -2.13. The highest BCUT2D eigenvalue weighted by molar-refractivity contribution is 5.97. The lowest BCUT2D eigenvalue weighted by atomic mass is 10.1. The highest BCUT2D eigenvalue weighted by atomic mass is 16.6. The number of hydrogen-bond donors (Lipinski definition) is 2. The number of rotatable bonds is 5. The van der Waals surface area contributed by atoms with Crippen LogP contribution in [0.3, 0.4) is 0 Å². The Morgan fingerprint density at radius 3 is 2.78 bits per heavy atom. The van der Waals surface area contributed by atoms with Crippen LogP contribution >= 0.6 is 0 Å². The normalized spacial score (nSPS) is 11.7. The number of nitro benzene ring substituents is 1. The van der Waals surface area contributed by atoms with Gasteiger partial charge in [0.2, 0.25) is 0 Å². The molecule has 0 spiro atoms. The van der Waals surface area contributed by atoms with Crippen molar-refractivity contribution in [2.45, 2.75) is 13.0 Å². The number of hydrogen-bond acceptors (Lipinski definition) is 5. The number of ether oxygens (including phenoxy) is 1. The van der Waals surface area contributed by atoms with Gasteiger partial charge >= 0.3 is 0 Å². The van der Waals surface area contributed by atoms with Gasteiger partial charge in [0.25, 0.3) is 11.6 Å². The van der Waals surface area contributed by atoms with Gasteiger partial charge in [-0.25, -0.2) is 0 Å². The first-order chi connectivity index (χ1) is 8.49. The molecule has 98 valence electrons. The smallest absolute Gasteiger partial charge is 0.273 e. The minimum Gasteiger partial charge on any atom is -0.496 e. The summed E-state index contributed by atoms with van der Waals surface area (Å²) in [5.74, 6) is -0.217. The van der Waals surface area contributed by atoms with Crippen molar-refractivity contribution < 1.29 is 14.5 Å². The second-order valence-electron chi connectivity index (χ2n) is 3.75. The molecule has 3 N–H and O–H groups in total. The van der Waals surface area contributed by atoms with E-state index in [2.05, 4.69) is 5.32 Å². The number of amides is 1. The van der Waals surface area contributed by atoms with E-state index >= 15 is 0 Å². The van der Waals surface area contributed by atoms with E-state index in [0.717, 1.165) is 0 Å². The summed E-state index contributed by atoms with van der Waals surface area (Å²) in [4.78, 5) is 21.9. The summed E-state index contributed by atoms with van der Waals surface area (Å²) in [5, 5.41) is 13.3. The lowest BCUT2D eigenvalue weighted by Crippen LogP contribution is -2.37. The molecule has 0 radical (unpaired) electrons. The van der Waals surface area contributed by atoms with Crippen LogP contribution in [-0.2, 0) is 0 Å². The highest BCUT2D eigenvalue weighted by Crippen LogP contribution is 2.24. The Balaban J connectivity index is 3.02. The Morgan fingerprint density at radius 2 is 2.28 bits per heavy atom. The fraction of sp³-hybridized carbons (Fsp3) is 0.364. The standard InChI is InChI=1S/C11H15N3O4/c1-7(6-12)13-11(15)9-4-3-8(14(16)17)5-10(9)18-2/h3-5,7H,6,12H2,1-2H3,(H,13,15). The van der Waals surface area contributed by atoms with Crippen LogP contribution < -0.4 is 15.8 Å². The van der Waals surface area contributed by atoms with Crippen molar-refractivity contribution in [3.05, 3.63) is 33.9 Å². The molecule has 1 aromatic rings. The van der Waals surface area contributed by atoms with Gasteiger partial charge in [0.15, 0.2) is 0 Å². The van der Waals surface area contributed by atoms with Gasteiger partial charge in [-0.1, -0.05) is 0 Å². The molecule has 0 aliphatic heterocycles.